The van der Waals surface area contributed by atoms with E-state index in [0.717, 1.165) is 0 Å². The first kappa shape index (κ1) is 25.1. The first-order chi connectivity index (χ1) is 15.2. The van der Waals surface area contributed by atoms with E-state index in [9.17, 15) is 14.7 Å². The fourth-order valence-corrected chi connectivity index (χ4v) is 2.81. The van der Waals surface area contributed by atoms with E-state index in [4.69, 9.17) is 26.3 Å². The summed E-state index contributed by atoms with van der Waals surface area (Å²) in [5.74, 6) is 0.476. The summed E-state index contributed by atoms with van der Waals surface area (Å²) in [5, 5.41) is 25.4. The number of hydrogen-bond donors (Lipinski definition) is 3. The number of amides is 1. The molecule has 0 aliphatic heterocycles. The van der Waals surface area contributed by atoms with E-state index < -0.39 is 11.6 Å². The summed E-state index contributed by atoms with van der Waals surface area (Å²) >= 11 is 5.93. The van der Waals surface area contributed by atoms with Gasteiger partial charge in [-0.3, -0.25) is 9.59 Å². The number of halogens is 1. The molecule has 0 bridgehead atoms. The molecule has 170 valence electrons. The highest BCUT2D eigenvalue weighted by atomic mass is 35.5. The SMILES string of the molecule is CC(C)(CNC(=O)COc1ccc(C=O)c(Cl)c1)NC[C@H](O)COc1ccccc1C#N. The maximum absolute atomic E-state index is 12.1. The van der Waals surface area contributed by atoms with Crippen LogP contribution in [0.2, 0.25) is 5.02 Å². The molecule has 0 aliphatic carbocycles. The number of benzene rings is 2. The van der Waals surface area contributed by atoms with Gasteiger partial charge in [-0.15, -0.1) is 0 Å². The van der Waals surface area contributed by atoms with Gasteiger partial charge in [-0.1, -0.05) is 23.7 Å². The Balaban J connectivity index is 1.70. The number of aliphatic hydroxyl groups is 1. The smallest absolute Gasteiger partial charge is 0.258 e. The largest absolute Gasteiger partial charge is 0.489 e. The van der Waals surface area contributed by atoms with Crippen LogP contribution in [-0.2, 0) is 4.79 Å². The van der Waals surface area contributed by atoms with E-state index in [1.165, 1.54) is 12.1 Å². The molecule has 32 heavy (non-hydrogen) atoms. The molecule has 0 aliphatic rings. The number of hydrogen-bond acceptors (Lipinski definition) is 7. The Morgan fingerprint density at radius 2 is 2.03 bits per heavy atom. The zero-order valence-electron chi connectivity index (χ0n) is 17.9. The lowest BCUT2D eigenvalue weighted by Gasteiger charge is -2.28. The summed E-state index contributed by atoms with van der Waals surface area (Å²) < 4.78 is 10.9. The molecule has 2 rings (SSSR count). The van der Waals surface area contributed by atoms with Crippen LogP contribution < -0.4 is 20.1 Å². The second-order valence-electron chi connectivity index (χ2n) is 7.70. The van der Waals surface area contributed by atoms with Crippen molar-refractivity contribution in [3.8, 4) is 17.6 Å². The van der Waals surface area contributed by atoms with Crippen molar-refractivity contribution < 1.29 is 24.2 Å². The third kappa shape index (κ3) is 8.19. The van der Waals surface area contributed by atoms with Gasteiger partial charge in [0.2, 0.25) is 0 Å². The first-order valence-corrected chi connectivity index (χ1v) is 10.3. The van der Waals surface area contributed by atoms with Crippen molar-refractivity contribution in [3.05, 3.63) is 58.6 Å². The Hall–Kier alpha value is -3.12. The van der Waals surface area contributed by atoms with Crippen molar-refractivity contribution in [1.29, 1.82) is 5.26 Å². The Labute approximate surface area is 192 Å². The lowest BCUT2D eigenvalue weighted by molar-refractivity contribution is -0.123. The van der Waals surface area contributed by atoms with Gasteiger partial charge in [0.1, 0.15) is 30.3 Å². The topological polar surface area (TPSA) is 121 Å². The van der Waals surface area contributed by atoms with Crippen molar-refractivity contribution in [2.75, 3.05) is 26.3 Å². The number of carbonyl (C=O) groups excluding carboxylic acids is 2. The molecule has 1 amide bonds. The molecular formula is C23H26ClN3O5. The summed E-state index contributed by atoms with van der Waals surface area (Å²) in [5.41, 5.74) is 0.244. The molecular weight excluding hydrogens is 434 g/mol. The van der Waals surface area contributed by atoms with Crippen molar-refractivity contribution in [2.45, 2.75) is 25.5 Å². The monoisotopic (exact) mass is 459 g/mol. The van der Waals surface area contributed by atoms with Crippen molar-refractivity contribution in [1.82, 2.24) is 10.6 Å². The zero-order valence-corrected chi connectivity index (χ0v) is 18.7. The van der Waals surface area contributed by atoms with E-state index >= 15 is 0 Å². The molecule has 0 saturated heterocycles. The third-order valence-corrected chi connectivity index (χ3v) is 4.78. The number of aldehydes is 1. The van der Waals surface area contributed by atoms with E-state index in [1.54, 1.807) is 30.3 Å². The number of ether oxygens (including phenoxy) is 2. The van der Waals surface area contributed by atoms with Crippen LogP contribution >= 0.6 is 11.6 Å². The number of carbonyl (C=O) groups is 2. The highest BCUT2D eigenvalue weighted by Gasteiger charge is 2.20. The molecule has 9 heteroatoms. The fraction of sp³-hybridized carbons (Fsp3) is 0.348. The van der Waals surface area contributed by atoms with Crippen LogP contribution in [0.15, 0.2) is 42.5 Å². The molecule has 2 aromatic carbocycles. The van der Waals surface area contributed by atoms with E-state index in [-0.39, 0.29) is 30.7 Å². The average molecular weight is 460 g/mol. The molecule has 0 heterocycles. The van der Waals surface area contributed by atoms with E-state index in [1.807, 2.05) is 19.9 Å². The standard InChI is InChI=1S/C23H26ClN3O5/c1-23(2,27-11-18(29)13-32-21-6-4-3-5-16(21)10-25)15-26-22(30)14-31-19-8-7-17(12-28)20(24)9-19/h3-9,12,18,27,29H,11,13-15H2,1-2H3,(H,26,30)/t18-/m0/s1. The number of rotatable bonds is 12. The van der Waals surface area contributed by atoms with Crippen LogP contribution in [0.4, 0.5) is 0 Å². The number of nitrogens with zero attached hydrogens (tertiary/aromatic N) is 1. The predicted molar refractivity (Wildman–Crippen MR) is 120 cm³/mol. The van der Waals surface area contributed by atoms with Crippen molar-refractivity contribution >= 4 is 23.8 Å². The molecule has 0 unspecified atom stereocenters. The third-order valence-electron chi connectivity index (χ3n) is 4.45. The van der Waals surface area contributed by atoms with Crippen LogP contribution in [0.25, 0.3) is 0 Å². The average Bonchev–Trinajstić information content (AvgIpc) is 2.79. The molecule has 0 radical (unpaired) electrons. The van der Waals surface area contributed by atoms with Crippen LogP contribution in [0.5, 0.6) is 11.5 Å². The van der Waals surface area contributed by atoms with Gasteiger partial charge < -0.3 is 25.2 Å². The number of aliphatic hydroxyl groups excluding tert-OH is 1. The lowest BCUT2D eigenvalue weighted by atomic mass is 10.1. The second kappa shape index (κ2) is 12.1. The summed E-state index contributed by atoms with van der Waals surface area (Å²) in [4.78, 5) is 22.9. The molecule has 1 atom stereocenters. The van der Waals surface area contributed by atoms with Gasteiger partial charge in [-0.05, 0) is 44.2 Å². The summed E-state index contributed by atoms with van der Waals surface area (Å²) in [6, 6.07) is 13.4. The van der Waals surface area contributed by atoms with Crippen LogP contribution in [-0.4, -0.2) is 55.2 Å². The number of β-amino-alcohol motifs (C(OH)–C–C–N with tert-alkyl or cyclic N) is 1. The predicted octanol–water partition coefficient (Wildman–Crippen LogP) is 2.33. The number of para-hydroxylation sites is 1. The van der Waals surface area contributed by atoms with Crippen LogP contribution in [0.3, 0.4) is 0 Å². The Bertz CT molecular complexity index is 974. The molecule has 2 aromatic rings. The van der Waals surface area contributed by atoms with Crippen LogP contribution in [0.1, 0.15) is 29.8 Å². The molecule has 0 spiro atoms. The van der Waals surface area contributed by atoms with Crippen LogP contribution in [0, 0.1) is 11.3 Å². The maximum atomic E-state index is 12.1. The Kier molecular flexibility index (Phi) is 9.47. The zero-order chi connectivity index (χ0) is 23.6. The first-order valence-electron chi connectivity index (χ1n) is 9.93. The highest BCUT2D eigenvalue weighted by molar-refractivity contribution is 6.33. The fourth-order valence-electron chi connectivity index (χ4n) is 2.60. The molecule has 8 nitrogen and oxygen atoms in total. The van der Waals surface area contributed by atoms with Gasteiger partial charge in [-0.25, -0.2) is 0 Å². The summed E-state index contributed by atoms with van der Waals surface area (Å²) in [6.45, 7) is 4.10. The van der Waals surface area contributed by atoms with Gasteiger partial charge in [0.05, 0.1) is 10.6 Å². The normalized spacial score (nSPS) is 11.8. The molecule has 0 fully saturated rings. The number of nitrogens with one attached hydrogen (secondary N) is 2. The Morgan fingerprint density at radius 3 is 2.72 bits per heavy atom. The maximum Gasteiger partial charge on any atom is 0.258 e. The van der Waals surface area contributed by atoms with Gasteiger partial charge in [0.15, 0.2) is 12.9 Å². The minimum atomic E-state index is -0.806. The molecule has 3 N–H and O–H groups in total. The van der Waals surface area contributed by atoms with E-state index in [0.29, 0.717) is 35.5 Å². The number of nitriles is 1. The van der Waals surface area contributed by atoms with Gasteiger partial charge in [0, 0.05) is 24.2 Å². The minimum absolute atomic E-state index is 0.0213. The lowest BCUT2D eigenvalue weighted by Crippen LogP contribution is -2.52. The quantitative estimate of drug-likeness (QED) is 0.416. The van der Waals surface area contributed by atoms with Gasteiger partial charge in [-0.2, -0.15) is 5.26 Å². The van der Waals surface area contributed by atoms with Gasteiger partial charge >= 0.3 is 0 Å². The minimum Gasteiger partial charge on any atom is -0.489 e. The van der Waals surface area contributed by atoms with E-state index in [2.05, 4.69) is 10.6 Å². The van der Waals surface area contributed by atoms with Crippen molar-refractivity contribution in [3.63, 3.8) is 0 Å². The van der Waals surface area contributed by atoms with Crippen molar-refractivity contribution in [2.24, 2.45) is 0 Å². The highest BCUT2D eigenvalue weighted by Crippen LogP contribution is 2.21. The Morgan fingerprint density at radius 1 is 1.28 bits per heavy atom. The summed E-state index contributed by atoms with van der Waals surface area (Å²) in [7, 11) is 0. The summed E-state index contributed by atoms with van der Waals surface area (Å²) in [6.07, 6.45) is -0.165. The van der Waals surface area contributed by atoms with Gasteiger partial charge in [0.25, 0.3) is 5.91 Å². The second-order valence-corrected chi connectivity index (χ2v) is 8.11. The molecule has 0 aromatic heterocycles. The molecule has 0 saturated carbocycles.